The maximum absolute atomic E-state index is 12.3. The summed E-state index contributed by atoms with van der Waals surface area (Å²) in [6, 6.07) is 14.0. The second-order valence-electron chi connectivity index (χ2n) is 6.45. The predicted octanol–water partition coefficient (Wildman–Crippen LogP) is 3.99. The lowest BCUT2D eigenvalue weighted by Gasteiger charge is -2.08. The summed E-state index contributed by atoms with van der Waals surface area (Å²) in [6.45, 7) is 2.56. The third-order valence-corrected chi connectivity index (χ3v) is 5.50. The van der Waals surface area contributed by atoms with Gasteiger partial charge >= 0.3 is 5.97 Å². The van der Waals surface area contributed by atoms with Crippen LogP contribution in [0.5, 0.6) is 0 Å². The van der Waals surface area contributed by atoms with Crippen LogP contribution in [0.15, 0.2) is 53.7 Å². The third kappa shape index (κ3) is 6.47. The van der Waals surface area contributed by atoms with E-state index in [4.69, 9.17) is 16.3 Å². The van der Waals surface area contributed by atoms with E-state index in [1.807, 2.05) is 35.9 Å². The number of aromatic nitrogens is 3. The first kappa shape index (κ1) is 22.6. The number of benzene rings is 2. The zero-order valence-corrected chi connectivity index (χ0v) is 18.7. The molecule has 8 nitrogen and oxygen atoms in total. The number of anilines is 2. The Kier molecular flexibility index (Phi) is 7.91. The molecule has 0 atom stereocenters. The van der Waals surface area contributed by atoms with E-state index in [-0.39, 0.29) is 17.6 Å². The highest BCUT2D eigenvalue weighted by molar-refractivity contribution is 7.99. The maximum atomic E-state index is 12.3. The highest BCUT2D eigenvalue weighted by atomic mass is 35.5. The van der Waals surface area contributed by atoms with Gasteiger partial charge in [-0.2, -0.15) is 0 Å². The minimum absolute atomic E-state index is 0.177. The van der Waals surface area contributed by atoms with Crippen molar-refractivity contribution in [2.45, 2.75) is 18.6 Å². The molecule has 162 valence electrons. The summed E-state index contributed by atoms with van der Waals surface area (Å²) in [5, 5.41) is 15.7. The fourth-order valence-electron chi connectivity index (χ4n) is 2.60. The number of ether oxygens (including phenoxy) is 1. The smallest absolute Gasteiger partial charge is 0.338 e. The first-order chi connectivity index (χ1) is 15.0. The Labute approximate surface area is 189 Å². The van der Waals surface area contributed by atoms with Gasteiger partial charge in [0, 0.05) is 23.4 Å². The summed E-state index contributed by atoms with van der Waals surface area (Å²) in [4.78, 5) is 23.9. The molecule has 0 unspecified atom stereocenters. The number of thioether (sulfide) groups is 1. The lowest BCUT2D eigenvalue weighted by Crippen LogP contribution is -2.15. The summed E-state index contributed by atoms with van der Waals surface area (Å²) in [6.07, 6.45) is 0. The van der Waals surface area contributed by atoms with Crippen LogP contribution in [0.25, 0.3) is 0 Å². The molecule has 3 aromatic rings. The van der Waals surface area contributed by atoms with Crippen molar-refractivity contribution in [2.24, 2.45) is 7.05 Å². The molecule has 0 fully saturated rings. The molecule has 0 aliphatic carbocycles. The Morgan fingerprint density at radius 3 is 2.42 bits per heavy atom. The van der Waals surface area contributed by atoms with Crippen molar-refractivity contribution in [2.75, 3.05) is 23.0 Å². The zero-order valence-electron chi connectivity index (χ0n) is 17.1. The number of hydrogen-bond donors (Lipinski definition) is 2. The van der Waals surface area contributed by atoms with Crippen LogP contribution in [0, 0.1) is 0 Å². The van der Waals surface area contributed by atoms with Crippen molar-refractivity contribution in [1.29, 1.82) is 0 Å². The number of hydrogen-bond acceptors (Lipinski definition) is 7. The van der Waals surface area contributed by atoms with E-state index in [9.17, 15) is 9.59 Å². The Bertz CT molecular complexity index is 1040. The lowest BCUT2D eigenvalue weighted by molar-refractivity contribution is -0.113. The van der Waals surface area contributed by atoms with Crippen molar-refractivity contribution in [3.63, 3.8) is 0 Å². The van der Waals surface area contributed by atoms with E-state index in [2.05, 4.69) is 20.8 Å². The van der Waals surface area contributed by atoms with E-state index >= 15 is 0 Å². The van der Waals surface area contributed by atoms with E-state index in [0.717, 1.165) is 11.5 Å². The van der Waals surface area contributed by atoms with Crippen molar-refractivity contribution < 1.29 is 14.3 Å². The fourth-order valence-corrected chi connectivity index (χ4v) is 3.46. The third-order valence-electron chi connectivity index (χ3n) is 4.23. The summed E-state index contributed by atoms with van der Waals surface area (Å²) in [5.74, 6) is 0.348. The normalized spacial score (nSPS) is 10.5. The molecule has 0 bridgehead atoms. The lowest BCUT2D eigenvalue weighted by atomic mass is 10.2. The van der Waals surface area contributed by atoms with Crippen LogP contribution in [-0.2, 0) is 23.1 Å². The summed E-state index contributed by atoms with van der Waals surface area (Å²) >= 11 is 7.18. The molecule has 2 aromatic carbocycles. The van der Waals surface area contributed by atoms with Gasteiger partial charge in [0.05, 0.1) is 24.5 Å². The van der Waals surface area contributed by atoms with Crippen molar-refractivity contribution in [3.8, 4) is 0 Å². The molecule has 0 saturated heterocycles. The molecule has 0 aliphatic heterocycles. The van der Waals surface area contributed by atoms with Crippen LogP contribution in [0.2, 0.25) is 5.02 Å². The molecule has 10 heteroatoms. The number of amides is 1. The molecule has 1 heterocycles. The number of rotatable bonds is 9. The molecule has 2 N–H and O–H groups in total. The fraction of sp³-hybridized carbons (Fsp3) is 0.238. The number of carbonyl (C=O) groups is 2. The maximum Gasteiger partial charge on any atom is 0.338 e. The van der Waals surface area contributed by atoms with Crippen molar-refractivity contribution in [1.82, 2.24) is 14.8 Å². The SMILES string of the molecule is CCOC(=O)c1ccc(NC(=O)CSc2nnc(CNc3ccc(Cl)cc3)n2C)cc1. The first-order valence-electron chi connectivity index (χ1n) is 9.53. The van der Waals surface area contributed by atoms with Crippen molar-refractivity contribution >= 4 is 46.6 Å². The van der Waals surface area contributed by atoms with Crippen LogP contribution >= 0.6 is 23.4 Å². The van der Waals surface area contributed by atoms with Crippen LogP contribution < -0.4 is 10.6 Å². The van der Waals surface area contributed by atoms with Gasteiger partial charge in [0.2, 0.25) is 5.91 Å². The minimum Gasteiger partial charge on any atom is -0.462 e. The van der Waals surface area contributed by atoms with Gasteiger partial charge in [-0.1, -0.05) is 23.4 Å². The van der Waals surface area contributed by atoms with Crippen LogP contribution in [0.1, 0.15) is 23.1 Å². The summed E-state index contributed by atoms with van der Waals surface area (Å²) in [7, 11) is 1.85. The molecule has 0 spiro atoms. The van der Waals surface area contributed by atoms with E-state index in [1.54, 1.807) is 31.2 Å². The van der Waals surface area contributed by atoms with Gasteiger partial charge < -0.3 is 19.9 Å². The van der Waals surface area contributed by atoms with E-state index < -0.39 is 0 Å². The second-order valence-corrected chi connectivity index (χ2v) is 7.83. The number of nitrogens with one attached hydrogen (secondary N) is 2. The number of esters is 1. The minimum atomic E-state index is -0.389. The van der Waals surface area contributed by atoms with Crippen LogP contribution in [0.3, 0.4) is 0 Å². The Morgan fingerprint density at radius 1 is 1.06 bits per heavy atom. The number of nitrogens with zero attached hydrogens (tertiary/aromatic N) is 3. The average molecular weight is 460 g/mol. The number of halogens is 1. The molecule has 31 heavy (non-hydrogen) atoms. The van der Waals surface area contributed by atoms with Gasteiger partial charge in [-0.3, -0.25) is 4.79 Å². The van der Waals surface area contributed by atoms with Crippen molar-refractivity contribution in [3.05, 3.63) is 64.9 Å². The molecule has 3 rings (SSSR count). The summed E-state index contributed by atoms with van der Waals surface area (Å²) < 4.78 is 6.78. The molecule has 1 amide bonds. The molecule has 0 aliphatic rings. The second kappa shape index (κ2) is 10.8. The van der Waals surface area contributed by atoms with Gasteiger partial charge in [0.25, 0.3) is 0 Å². The Hall–Kier alpha value is -3.04. The largest absolute Gasteiger partial charge is 0.462 e. The van der Waals surface area contributed by atoms with Gasteiger partial charge in [-0.15, -0.1) is 10.2 Å². The monoisotopic (exact) mass is 459 g/mol. The van der Waals surface area contributed by atoms with Gasteiger partial charge in [0.1, 0.15) is 0 Å². The topological polar surface area (TPSA) is 98.1 Å². The number of carbonyl (C=O) groups excluding carboxylic acids is 2. The van der Waals surface area contributed by atoms with E-state index in [1.165, 1.54) is 11.8 Å². The summed E-state index contributed by atoms with van der Waals surface area (Å²) in [5.41, 5.74) is 1.97. The van der Waals surface area contributed by atoms with E-state index in [0.29, 0.717) is 34.6 Å². The van der Waals surface area contributed by atoms with Gasteiger partial charge in [-0.05, 0) is 55.5 Å². The van der Waals surface area contributed by atoms with Gasteiger partial charge in [0.15, 0.2) is 11.0 Å². The molecule has 0 saturated carbocycles. The molecular weight excluding hydrogens is 438 g/mol. The zero-order chi connectivity index (χ0) is 22.2. The van der Waals surface area contributed by atoms with Crippen LogP contribution in [-0.4, -0.2) is 39.0 Å². The predicted molar refractivity (Wildman–Crippen MR) is 122 cm³/mol. The molecule has 1 aromatic heterocycles. The average Bonchev–Trinajstić information content (AvgIpc) is 3.12. The standard InChI is InChI=1S/C21H22ClN5O3S/c1-3-30-20(29)14-4-8-17(9-5-14)24-19(28)13-31-21-26-25-18(27(21)2)12-23-16-10-6-15(22)7-11-16/h4-11,23H,3,12-13H2,1-2H3,(H,24,28). The Balaban J connectivity index is 1.49. The quantitative estimate of drug-likeness (QED) is 0.368. The highest BCUT2D eigenvalue weighted by Crippen LogP contribution is 2.18. The molecule has 0 radical (unpaired) electrons. The first-order valence-corrected chi connectivity index (χ1v) is 10.9. The highest BCUT2D eigenvalue weighted by Gasteiger charge is 2.12. The Morgan fingerprint density at radius 2 is 1.74 bits per heavy atom. The van der Waals surface area contributed by atoms with Gasteiger partial charge in [-0.25, -0.2) is 4.79 Å². The van der Waals surface area contributed by atoms with Crippen LogP contribution in [0.4, 0.5) is 11.4 Å². The molecular formula is C21H22ClN5O3S.